The predicted octanol–water partition coefficient (Wildman–Crippen LogP) is 9.75. The van der Waals surface area contributed by atoms with E-state index in [1.165, 1.54) is 67.2 Å². The second-order valence-corrected chi connectivity index (χ2v) is 25.3. The third kappa shape index (κ3) is 5.69. The molecular weight excluding hydrogens is 529 g/mol. The van der Waals surface area contributed by atoms with Gasteiger partial charge in [-0.1, -0.05) is 154 Å². The molecule has 0 aliphatic heterocycles. The van der Waals surface area contributed by atoms with E-state index in [9.17, 15) is 0 Å². The lowest BCUT2D eigenvalue weighted by Gasteiger charge is -2.40. The number of aryl methyl sites for hydroxylation is 1. The van der Waals surface area contributed by atoms with Crippen molar-refractivity contribution < 1.29 is 4.74 Å². The maximum atomic E-state index is 6.72. The molecule has 3 aromatic carbocycles. The summed E-state index contributed by atoms with van der Waals surface area (Å²) >= 11 is 0. The van der Waals surface area contributed by atoms with Crippen molar-refractivity contribution in [3.63, 3.8) is 0 Å². The second kappa shape index (κ2) is 11.0. The molecule has 4 rings (SSSR count). The predicted molar refractivity (Wildman–Crippen MR) is 187 cm³/mol. The SMILES string of the molecule is C=CCOc1c([Si](C)(C)C)cc(C)cc1[Si](CC)(CC)C1c2ccc(C(C)(C)C)cc2-c2cc(C(C)(C)C)ccc21. The van der Waals surface area contributed by atoms with E-state index in [1.54, 1.807) is 0 Å². The van der Waals surface area contributed by atoms with Crippen molar-refractivity contribution in [1.29, 1.82) is 0 Å². The zero-order chi connectivity index (χ0) is 30.5. The second-order valence-electron chi connectivity index (χ2n) is 15.4. The van der Waals surface area contributed by atoms with Crippen LogP contribution < -0.4 is 15.1 Å². The third-order valence-corrected chi connectivity index (χ3v) is 17.2. The van der Waals surface area contributed by atoms with E-state index in [1.807, 2.05) is 6.08 Å². The van der Waals surface area contributed by atoms with Crippen molar-refractivity contribution in [2.24, 2.45) is 0 Å². The van der Waals surface area contributed by atoms with Crippen molar-refractivity contribution in [2.45, 2.75) is 110 Å². The lowest BCUT2D eigenvalue weighted by atomic mass is 9.83. The molecule has 0 unspecified atom stereocenters. The molecule has 0 N–H and O–H groups in total. The Balaban J connectivity index is 2.11. The number of fused-ring (bicyclic) bond motifs is 3. The summed E-state index contributed by atoms with van der Waals surface area (Å²) in [6, 6.07) is 22.1. The third-order valence-electron chi connectivity index (χ3n) is 9.49. The molecule has 41 heavy (non-hydrogen) atoms. The summed E-state index contributed by atoms with van der Waals surface area (Å²) in [4.78, 5) is 0. The van der Waals surface area contributed by atoms with Gasteiger partial charge < -0.3 is 4.74 Å². The number of rotatable bonds is 8. The van der Waals surface area contributed by atoms with Gasteiger partial charge in [0.1, 0.15) is 20.4 Å². The van der Waals surface area contributed by atoms with E-state index in [0.29, 0.717) is 12.1 Å². The Hall–Kier alpha value is -2.37. The normalized spacial score (nSPS) is 14.1. The molecule has 0 radical (unpaired) electrons. The molecule has 0 aromatic heterocycles. The van der Waals surface area contributed by atoms with Crippen molar-refractivity contribution in [1.82, 2.24) is 0 Å². The quantitative estimate of drug-likeness (QED) is 0.190. The highest BCUT2D eigenvalue weighted by molar-refractivity contribution is 6.96. The van der Waals surface area contributed by atoms with Crippen LogP contribution in [0.25, 0.3) is 11.1 Å². The van der Waals surface area contributed by atoms with Gasteiger partial charge in [0, 0.05) is 5.54 Å². The van der Waals surface area contributed by atoms with Crippen LogP contribution in [0.15, 0.2) is 61.2 Å². The van der Waals surface area contributed by atoms with Gasteiger partial charge in [0.15, 0.2) is 0 Å². The molecule has 0 saturated carbocycles. The lowest BCUT2D eigenvalue weighted by molar-refractivity contribution is 0.368. The van der Waals surface area contributed by atoms with Crippen LogP contribution in [0, 0.1) is 6.92 Å². The average molecular weight is 583 g/mol. The minimum Gasteiger partial charge on any atom is -0.490 e. The van der Waals surface area contributed by atoms with E-state index in [0.717, 1.165) is 0 Å². The highest BCUT2D eigenvalue weighted by atomic mass is 28.3. The molecule has 0 heterocycles. The Kier molecular flexibility index (Phi) is 8.50. The first-order chi connectivity index (χ1) is 19.0. The van der Waals surface area contributed by atoms with E-state index >= 15 is 0 Å². The molecule has 0 bridgehead atoms. The first-order valence-corrected chi connectivity index (χ1v) is 21.7. The largest absolute Gasteiger partial charge is 0.490 e. The fourth-order valence-electron chi connectivity index (χ4n) is 6.97. The molecule has 0 amide bonds. The summed E-state index contributed by atoms with van der Waals surface area (Å²) in [5, 5.41) is 2.98. The Bertz CT molecular complexity index is 1380. The number of hydrogen-bond donors (Lipinski definition) is 0. The Morgan fingerprint density at radius 2 is 1.22 bits per heavy atom. The topological polar surface area (TPSA) is 9.23 Å². The fourth-order valence-corrected chi connectivity index (χ4v) is 13.9. The molecule has 1 aliphatic carbocycles. The first-order valence-electron chi connectivity index (χ1n) is 15.7. The van der Waals surface area contributed by atoms with Gasteiger partial charge in [0.2, 0.25) is 0 Å². The van der Waals surface area contributed by atoms with Crippen LogP contribution in [-0.4, -0.2) is 22.8 Å². The van der Waals surface area contributed by atoms with Gasteiger partial charge in [-0.3, -0.25) is 0 Å². The van der Waals surface area contributed by atoms with Crippen LogP contribution in [0.1, 0.15) is 88.7 Å². The zero-order valence-electron chi connectivity index (χ0n) is 28.0. The summed E-state index contributed by atoms with van der Waals surface area (Å²) in [6.07, 6.45) is 1.90. The minimum atomic E-state index is -2.19. The van der Waals surface area contributed by atoms with Crippen LogP contribution in [0.3, 0.4) is 0 Å². The van der Waals surface area contributed by atoms with E-state index in [4.69, 9.17) is 4.74 Å². The summed E-state index contributed by atoms with van der Waals surface area (Å²) in [5.41, 5.74) is 10.8. The lowest BCUT2D eigenvalue weighted by Crippen LogP contribution is -2.55. The van der Waals surface area contributed by atoms with Crippen molar-refractivity contribution in [3.05, 3.63) is 89.0 Å². The van der Waals surface area contributed by atoms with Gasteiger partial charge in [0.05, 0.1) is 8.07 Å². The fraction of sp³-hybridized carbons (Fsp3) is 0.474. The van der Waals surface area contributed by atoms with E-state index in [-0.39, 0.29) is 10.8 Å². The molecule has 0 atom stereocenters. The summed E-state index contributed by atoms with van der Waals surface area (Å²) in [7, 11) is -3.86. The van der Waals surface area contributed by atoms with Gasteiger partial charge in [-0.05, 0) is 61.5 Å². The van der Waals surface area contributed by atoms with E-state index < -0.39 is 16.1 Å². The number of benzene rings is 3. The van der Waals surface area contributed by atoms with Crippen LogP contribution in [0.5, 0.6) is 5.75 Å². The molecule has 220 valence electrons. The first kappa shape index (κ1) is 31.6. The smallest absolute Gasteiger partial charge is 0.118 e. The number of hydrogen-bond acceptors (Lipinski definition) is 1. The Morgan fingerprint density at radius 3 is 1.61 bits per heavy atom. The molecular formula is C38H54OSi2. The van der Waals surface area contributed by atoms with Crippen LogP contribution in [0.2, 0.25) is 31.7 Å². The maximum absolute atomic E-state index is 6.72. The summed E-state index contributed by atoms with van der Waals surface area (Å²) < 4.78 is 6.72. The zero-order valence-corrected chi connectivity index (χ0v) is 30.0. The highest BCUT2D eigenvalue weighted by Crippen LogP contribution is 2.53. The Morgan fingerprint density at radius 1 is 0.756 bits per heavy atom. The van der Waals surface area contributed by atoms with Gasteiger partial charge in [-0.25, -0.2) is 0 Å². The Labute approximate surface area is 253 Å². The van der Waals surface area contributed by atoms with Gasteiger partial charge >= 0.3 is 0 Å². The van der Waals surface area contributed by atoms with E-state index in [2.05, 4.69) is 137 Å². The van der Waals surface area contributed by atoms with Crippen molar-refractivity contribution in [3.8, 4) is 16.9 Å². The van der Waals surface area contributed by atoms with Crippen molar-refractivity contribution in [2.75, 3.05) is 6.61 Å². The van der Waals surface area contributed by atoms with Crippen LogP contribution >= 0.6 is 0 Å². The summed E-state index contributed by atoms with van der Waals surface area (Å²) in [5.74, 6) is 1.18. The maximum Gasteiger partial charge on any atom is 0.118 e. The molecule has 1 aliphatic rings. The molecule has 0 spiro atoms. The van der Waals surface area contributed by atoms with Crippen LogP contribution in [0.4, 0.5) is 0 Å². The standard InChI is InChI=1S/C38H54OSi2/c1-14-21-39-35-33(40(11,12)13)22-26(4)23-34(35)41(15-2,16-3)36-29-19-17-27(37(5,6)7)24-31(29)32-25-28(38(8,9)10)18-20-30(32)36/h14,17-20,22-25,36H,1,15-16,21H2,2-13H3. The average Bonchev–Trinajstić information content (AvgIpc) is 3.21. The monoisotopic (exact) mass is 582 g/mol. The number of ether oxygens (including phenoxy) is 1. The molecule has 3 heteroatoms. The van der Waals surface area contributed by atoms with Gasteiger partial charge in [-0.15, -0.1) is 0 Å². The van der Waals surface area contributed by atoms with Gasteiger partial charge in [-0.2, -0.15) is 0 Å². The van der Waals surface area contributed by atoms with Crippen molar-refractivity contribution >= 4 is 26.5 Å². The molecule has 0 fully saturated rings. The van der Waals surface area contributed by atoms with Gasteiger partial charge in [0.25, 0.3) is 0 Å². The molecule has 3 aromatic rings. The van der Waals surface area contributed by atoms with Crippen LogP contribution in [-0.2, 0) is 10.8 Å². The molecule has 0 saturated heterocycles. The molecule has 1 nitrogen and oxygen atoms in total. The highest BCUT2D eigenvalue weighted by Gasteiger charge is 2.49. The minimum absolute atomic E-state index is 0.105. The summed E-state index contributed by atoms with van der Waals surface area (Å²) in [6.45, 7) is 33.1.